The average Bonchev–Trinajstić information content (AvgIpc) is 2.98. The number of likely N-dealkylation sites (tertiary alicyclic amines) is 1. The van der Waals surface area contributed by atoms with Crippen molar-refractivity contribution in [2.45, 2.75) is 45.6 Å². The number of benzene rings is 1. The highest BCUT2D eigenvalue weighted by molar-refractivity contribution is 7.13. The highest BCUT2D eigenvalue weighted by Gasteiger charge is 2.19. The zero-order chi connectivity index (χ0) is 17.6. The lowest BCUT2D eigenvalue weighted by Gasteiger charge is -2.33. The largest absolute Gasteiger partial charge is 0.350 e. The molecule has 2 aromatic rings. The first-order chi connectivity index (χ1) is 12.1. The van der Waals surface area contributed by atoms with E-state index < -0.39 is 0 Å². The summed E-state index contributed by atoms with van der Waals surface area (Å²) in [5.74, 6) is 0.0129. The van der Waals surface area contributed by atoms with Gasteiger partial charge in [-0.05, 0) is 38.8 Å². The third-order valence-electron chi connectivity index (χ3n) is 4.87. The summed E-state index contributed by atoms with van der Waals surface area (Å²) in [5.41, 5.74) is 2.06. The first-order valence-electron chi connectivity index (χ1n) is 9.16. The van der Waals surface area contributed by atoms with Gasteiger partial charge in [0.05, 0.1) is 10.7 Å². The van der Waals surface area contributed by atoms with Gasteiger partial charge in [-0.25, -0.2) is 4.98 Å². The molecule has 134 valence electrons. The molecule has 0 aliphatic carbocycles. The van der Waals surface area contributed by atoms with Gasteiger partial charge >= 0.3 is 0 Å². The highest BCUT2D eigenvalue weighted by atomic mass is 32.1. The van der Waals surface area contributed by atoms with Gasteiger partial charge in [-0.15, -0.1) is 11.3 Å². The maximum absolute atomic E-state index is 12.5. The molecular formula is C20H27N3OS. The first kappa shape index (κ1) is 18.1. The van der Waals surface area contributed by atoms with Crippen molar-refractivity contribution in [3.05, 3.63) is 51.5 Å². The predicted octanol–water partition coefficient (Wildman–Crippen LogP) is 3.65. The molecule has 0 spiro atoms. The van der Waals surface area contributed by atoms with E-state index in [0.29, 0.717) is 12.6 Å². The second-order valence-electron chi connectivity index (χ2n) is 6.82. The van der Waals surface area contributed by atoms with Crippen molar-refractivity contribution in [2.24, 2.45) is 0 Å². The number of aryl methyl sites for hydroxylation is 1. The van der Waals surface area contributed by atoms with Gasteiger partial charge in [0, 0.05) is 25.6 Å². The number of piperidine rings is 1. The molecule has 0 radical (unpaired) electrons. The number of nitrogens with zero attached hydrogens (tertiary/aromatic N) is 2. The van der Waals surface area contributed by atoms with Crippen LogP contribution in [-0.4, -0.2) is 41.5 Å². The van der Waals surface area contributed by atoms with E-state index in [-0.39, 0.29) is 5.91 Å². The van der Waals surface area contributed by atoms with Crippen LogP contribution in [0.5, 0.6) is 0 Å². The molecule has 1 aliphatic heterocycles. The van der Waals surface area contributed by atoms with Gasteiger partial charge in [-0.2, -0.15) is 0 Å². The summed E-state index contributed by atoms with van der Waals surface area (Å²) in [6.07, 6.45) is 4.65. The molecule has 1 amide bonds. The fraction of sp³-hybridized carbons (Fsp3) is 0.500. The van der Waals surface area contributed by atoms with E-state index in [1.165, 1.54) is 36.2 Å². The third kappa shape index (κ3) is 4.89. The molecule has 1 fully saturated rings. The van der Waals surface area contributed by atoms with Crippen molar-refractivity contribution in [3.63, 3.8) is 0 Å². The van der Waals surface area contributed by atoms with Crippen LogP contribution in [0.3, 0.4) is 0 Å². The van der Waals surface area contributed by atoms with Crippen LogP contribution in [0.25, 0.3) is 0 Å². The topological polar surface area (TPSA) is 45.2 Å². The maximum Gasteiger partial charge on any atom is 0.263 e. The van der Waals surface area contributed by atoms with Crippen LogP contribution in [0.15, 0.2) is 30.3 Å². The summed E-state index contributed by atoms with van der Waals surface area (Å²) in [6, 6.07) is 10.9. The molecule has 4 nitrogen and oxygen atoms in total. The standard InChI is InChI=1S/C20H27N3OS/c1-15-8-6-7-12-23(15)13-11-21-20(24)19-16(2)22-18(25-19)14-17-9-4-3-5-10-17/h3-5,9-10,15H,6-8,11-14H2,1-2H3,(H,21,24). The quantitative estimate of drug-likeness (QED) is 0.858. The van der Waals surface area contributed by atoms with Crippen LogP contribution in [0.2, 0.25) is 0 Å². The third-order valence-corrected chi connectivity index (χ3v) is 6.03. The number of aromatic nitrogens is 1. The van der Waals surface area contributed by atoms with E-state index in [0.717, 1.165) is 35.1 Å². The van der Waals surface area contributed by atoms with Crippen molar-refractivity contribution < 1.29 is 4.79 Å². The van der Waals surface area contributed by atoms with Gasteiger partial charge in [-0.3, -0.25) is 9.69 Å². The Labute approximate surface area is 154 Å². The molecule has 1 atom stereocenters. The van der Waals surface area contributed by atoms with Gasteiger partial charge in [0.15, 0.2) is 0 Å². The Morgan fingerprint density at radius 3 is 2.88 bits per heavy atom. The number of rotatable bonds is 6. The van der Waals surface area contributed by atoms with Crippen molar-refractivity contribution in [3.8, 4) is 0 Å². The average molecular weight is 358 g/mol. The Morgan fingerprint density at radius 1 is 1.32 bits per heavy atom. The summed E-state index contributed by atoms with van der Waals surface area (Å²) in [7, 11) is 0. The van der Waals surface area contributed by atoms with Crippen LogP contribution in [0.1, 0.15) is 52.1 Å². The fourth-order valence-electron chi connectivity index (χ4n) is 3.39. The SMILES string of the molecule is Cc1nc(Cc2ccccc2)sc1C(=O)NCCN1CCCCC1C. The van der Waals surface area contributed by atoms with Gasteiger partial charge in [0.2, 0.25) is 0 Å². The predicted molar refractivity (Wildman–Crippen MR) is 103 cm³/mol. The molecule has 2 heterocycles. The molecule has 5 heteroatoms. The summed E-state index contributed by atoms with van der Waals surface area (Å²) in [6.45, 7) is 6.99. The van der Waals surface area contributed by atoms with E-state index in [1.54, 1.807) is 0 Å². The van der Waals surface area contributed by atoms with Crippen molar-refractivity contribution in [1.82, 2.24) is 15.2 Å². The minimum absolute atomic E-state index is 0.0129. The molecule has 1 unspecified atom stereocenters. The molecule has 1 saturated heterocycles. The van der Waals surface area contributed by atoms with Gasteiger partial charge in [0.25, 0.3) is 5.91 Å². The van der Waals surface area contributed by atoms with Crippen LogP contribution in [0.4, 0.5) is 0 Å². The second-order valence-corrected chi connectivity index (χ2v) is 7.90. The Bertz CT molecular complexity index is 698. The number of carbonyl (C=O) groups excluding carboxylic acids is 1. The van der Waals surface area contributed by atoms with Crippen LogP contribution >= 0.6 is 11.3 Å². The molecule has 1 aromatic carbocycles. The number of nitrogens with one attached hydrogen (secondary N) is 1. The van der Waals surface area contributed by atoms with E-state index in [9.17, 15) is 4.79 Å². The molecule has 25 heavy (non-hydrogen) atoms. The Kier molecular flexibility index (Phi) is 6.21. The Morgan fingerprint density at radius 2 is 2.12 bits per heavy atom. The minimum Gasteiger partial charge on any atom is -0.350 e. The summed E-state index contributed by atoms with van der Waals surface area (Å²) in [4.78, 5) is 20.3. The Hall–Kier alpha value is -1.72. The van der Waals surface area contributed by atoms with E-state index in [1.807, 2.05) is 25.1 Å². The van der Waals surface area contributed by atoms with Gasteiger partial charge < -0.3 is 5.32 Å². The summed E-state index contributed by atoms with van der Waals surface area (Å²) >= 11 is 1.51. The lowest BCUT2D eigenvalue weighted by atomic mass is 10.0. The first-order valence-corrected chi connectivity index (χ1v) is 9.97. The minimum atomic E-state index is 0.0129. The number of amides is 1. The number of thiazole rings is 1. The number of carbonyl (C=O) groups is 1. The molecular weight excluding hydrogens is 330 g/mol. The summed E-state index contributed by atoms with van der Waals surface area (Å²) in [5, 5.41) is 4.07. The molecule has 0 saturated carbocycles. The van der Waals surface area contributed by atoms with Crippen LogP contribution in [0, 0.1) is 6.92 Å². The van der Waals surface area contributed by atoms with E-state index in [4.69, 9.17) is 0 Å². The fourth-order valence-corrected chi connectivity index (χ4v) is 4.41. The lowest BCUT2D eigenvalue weighted by molar-refractivity contribution is 0.0941. The smallest absolute Gasteiger partial charge is 0.263 e. The Balaban J connectivity index is 1.53. The number of hydrogen-bond acceptors (Lipinski definition) is 4. The van der Waals surface area contributed by atoms with E-state index >= 15 is 0 Å². The zero-order valence-corrected chi connectivity index (χ0v) is 15.9. The van der Waals surface area contributed by atoms with Gasteiger partial charge in [-0.1, -0.05) is 36.8 Å². The van der Waals surface area contributed by atoms with Crippen molar-refractivity contribution in [1.29, 1.82) is 0 Å². The van der Waals surface area contributed by atoms with Crippen molar-refractivity contribution in [2.75, 3.05) is 19.6 Å². The van der Waals surface area contributed by atoms with Crippen molar-refractivity contribution >= 4 is 17.2 Å². The summed E-state index contributed by atoms with van der Waals surface area (Å²) < 4.78 is 0. The molecule has 0 bridgehead atoms. The molecule has 1 aromatic heterocycles. The maximum atomic E-state index is 12.5. The molecule has 3 rings (SSSR count). The normalized spacial score (nSPS) is 18.2. The molecule has 1 aliphatic rings. The molecule has 1 N–H and O–H groups in total. The monoisotopic (exact) mass is 357 g/mol. The van der Waals surface area contributed by atoms with E-state index in [2.05, 4.69) is 34.3 Å². The van der Waals surface area contributed by atoms with Crippen LogP contribution in [-0.2, 0) is 6.42 Å². The number of hydrogen-bond donors (Lipinski definition) is 1. The highest BCUT2D eigenvalue weighted by Crippen LogP contribution is 2.21. The second kappa shape index (κ2) is 8.59. The lowest BCUT2D eigenvalue weighted by Crippen LogP contribution is -2.42. The zero-order valence-electron chi connectivity index (χ0n) is 15.1. The van der Waals surface area contributed by atoms with Gasteiger partial charge in [0.1, 0.15) is 4.88 Å². The van der Waals surface area contributed by atoms with Crippen LogP contribution < -0.4 is 5.32 Å².